The van der Waals surface area contributed by atoms with Crippen molar-refractivity contribution < 1.29 is 24.2 Å². The fourth-order valence-electron chi connectivity index (χ4n) is 4.70. The van der Waals surface area contributed by atoms with E-state index in [1.54, 1.807) is 24.1 Å². The van der Waals surface area contributed by atoms with Gasteiger partial charge in [0, 0.05) is 10.3 Å². The Labute approximate surface area is 211 Å². The molecule has 2 saturated heterocycles. The van der Waals surface area contributed by atoms with Gasteiger partial charge in [-0.2, -0.15) is 0 Å². The summed E-state index contributed by atoms with van der Waals surface area (Å²) < 4.78 is 10.9. The van der Waals surface area contributed by atoms with Crippen LogP contribution in [0.1, 0.15) is 40.1 Å². The summed E-state index contributed by atoms with van der Waals surface area (Å²) in [6.07, 6.45) is 1.78. The van der Waals surface area contributed by atoms with Crippen LogP contribution in [0.2, 0.25) is 0 Å². The number of morpholine rings is 1. The number of hydrogen-bond acceptors (Lipinski definition) is 9. The maximum Gasteiger partial charge on any atom is 0.260 e. The maximum atomic E-state index is 13.3. The van der Waals surface area contributed by atoms with E-state index in [-0.39, 0.29) is 29.5 Å². The second-order valence-corrected chi connectivity index (χ2v) is 11.1. The van der Waals surface area contributed by atoms with E-state index in [4.69, 9.17) is 9.47 Å². The number of rotatable bonds is 7. The molecular formula is C25H27N3O5S2. The third-order valence-corrected chi connectivity index (χ3v) is 8.90. The second-order valence-electron chi connectivity index (χ2n) is 9.04. The number of ether oxygens (including phenoxy) is 2. The summed E-state index contributed by atoms with van der Waals surface area (Å²) in [7, 11) is 1.60. The minimum Gasteiger partial charge on any atom is -0.497 e. The highest BCUT2D eigenvalue weighted by Crippen LogP contribution is 2.37. The van der Waals surface area contributed by atoms with E-state index in [2.05, 4.69) is 9.97 Å². The minimum absolute atomic E-state index is 0.00922. The molecule has 35 heavy (non-hydrogen) atoms. The highest BCUT2D eigenvalue weighted by atomic mass is 32.2. The van der Waals surface area contributed by atoms with Crippen LogP contribution in [0.5, 0.6) is 5.75 Å². The quantitative estimate of drug-likeness (QED) is 0.291. The van der Waals surface area contributed by atoms with E-state index in [0.717, 1.165) is 23.7 Å². The number of thiophene rings is 1. The molecule has 4 heterocycles. The number of aromatic nitrogens is 2. The summed E-state index contributed by atoms with van der Waals surface area (Å²) in [5.74, 6) is 1.09. The first kappa shape index (κ1) is 24.2. The van der Waals surface area contributed by atoms with Gasteiger partial charge in [-0.25, -0.2) is 9.97 Å². The number of methoxy groups -OCH3 is 1. The van der Waals surface area contributed by atoms with Crippen molar-refractivity contribution >= 4 is 45.7 Å². The second kappa shape index (κ2) is 9.50. The van der Waals surface area contributed by atoms with E-state index >= 15 is 0 Å². The molecule has 1 aromatic carbocycles. The molecule has 10 heteroatoms. The largest absolute Gasteiger partial charge is 0.497 e. The molecule has 184 valence electrons. The molecule has 8 nitrogen and oxygen atoms in total. The van der Waals surface area contributed by atoms with E-state index < -0.39 is 5.60 Å². The monoisotopic (exact) mass is 513 g/mol. The van der Waals surface area contributed by atoms with Crippen LogP contribution in [0.15, 0.2) is 35.4 Å². The van der Waals surface area contributed by atoms with Crippen LogP contribution in [0.25, 0.3) is 10.9 Å². The van der Waals surface area contributed by atoms with Crippen molar-refractivity contribution in [2.45, 2.75) is 49.4 Å². The van der Waals surface area contributed by atoms with Crippen molar-refractivity contribution in [3.63, 3.8) is 0 Å². The molecule has 5 rings (SSSR count). The molecule has 2 aliphatic heterocycles. The number of nitrogens with zero attached hydrogens (tertiary/aromatic N) is 3. The number of thioether (sulfide) groups is 1. The molecule has 2 bridgehead atoms. The highest BCUT2D eigenvalue weighted by Gasteiger charge is 2.47. The van der Waals surface area contributed by atoms with Crippen LogP contribution in [-0.4, -0.2) is 69.8 Å². The van der Waals surface area contributed by atoms with E-state index in [9.17, 15) is 14.7 Å². The van der Waals surface area contributed by atoms with Crippen LogP contribution < -0.4 is 4.74 Å². The molecular weight excluding hydrogens is 486 g/mol. The van der Waals surface area contributed by atoms with E-state index in [1.165, 1.54) is 30.0 Å². The van der Waals surface area contributed by atoms with Gasteiger partial charge in [-0.1, -0.05) is 11.8 Å². The Balaban J connectivity index is 1.31. The zero-order chi connectivity index (χ0) is 24.7. The molecule has 3 aromatic rings. The third-order valence-electron chi connectivity index (χ3n) is 6.57. The Kier molecular flexibility index (Phi) is 6.56. The van der Waals surface area contributed by atoms with Gasteiger partial charge in [-0.3, -0.25) is 9.59 Å². The smallest absolute Gasteiger partial charge is 0.260 e. The Hall–Kier alpha value is -2.53. The Morgan fingerprint density at radius 3 is 2.69 bits per heavy atom. The minimum atomic E-state index is -1.69. The van der Waals surface area contributed by atoms with Crippen molar-refractivity contribution in [1.29, 1.82) is 0 Å². The first-order chi connectivity index (χ1) is 16.8. The van der Waals surface area contributed by atoms with E-state index in [0.29, 0.717) is 39.6 Å². The molecule has 3 atom stereocenters. The van der Waals surface area contributed by atoms with Crippen LogP contribution in [-0.2, 0) is 15.1 Å². The summed E-state index contributed by atoms with van der Waals surface area (Å²) >= 11 is 2.51. The van der Waals surface area contributed by atoms with Crippen LogP contribution in [0, 0.1) is 6.92 Å². The lowest BCUT2D eigenvalue weighted by molar-refractivity contribution is -0.160. The average Bonchev–Trinajstić information content (AvgIpc) is 3.44. The number of aryl methyl sites for hydroxylation is 1. The molecule has 1 N–H and O–H groups in total. The SMILES string of the molecule is COc1ccc2nc(C)nc(SCC(=O)c3ccc([C@@](C)(O)C(=O)N4C5CCC4COC5)s3)c2c1. The first-order valence-corrected chi connectivity index (χ1v) is 13.3. The number of aliphatic hydroxyl groups is 1. The Morgan fingerprint density at radius 2 is 1.97 bits per heavy atom. The summed E-state index contributed by atoms with van der Waals surface area (Å²) in [5.41, 5.74) is -0.899. The predicted molar refractivity (Wildman–Crippen MR) is 134 cm³/mol. The fourth-order valence-corrected chi connectivity index (χ4v) is 6.71. The Morgan fingerprint density at radius 1 is 1.23 bits per heavy atom. The van der Waals surface area contributed by atoms with Gasteiger partial charge in [-0.15, -0.1) is 11.3 Å². The lowest BCUT2D eigenvalue weighted by Gasteiger charge is -2.38. The maximum absolute atomic E-state index is 13.3. The van der Waals surface area contributed by atoms with Gasteiger partial charge >= 0.3 is 0 Å². The van der Waals surface area contributed by atoms with Crippen LogP contribution >= 0.6 is 23.1 Å². The standard InChI is InChI=1S/C25H27N3O5S2/c1-14-26-19-7-6-17(32-3)10-18(19)23(27-14)34-13-20(29)21-8-9-22(35-21)25(2,31)24(30)28-15-4-5-16(28)12-33-11-15/h6-10,15-16,31H,4-5,11-13H2,1-3H3/t15?,16?,25-/m1/s1. The van der Waals surface area contributed by atoms with Crippen molar-refractivity contribution in [1.82, 2.24) is 14.9 Å². The van der Waals surface area contributed by atoms with Gasteiger partial charge in [0.15, 0.2) is 11.4 Å². The van der Waals surface area contributed by atoms with Gasteiger partial charge in [-0.05, 0) is 57.0 Å². The summed E-state index contributed by atoms with van der Waals surface area (Å²) in [4.78, 5) is 38.1. The number of benzene rings is 1. The number of fused-ring (bicyclic) bond motifs is 3. The topological polar surface area (TPSA) is 102 Å². The highest BCUT2D eigenvalue weighted by molar-refractivity contribution is 8.00. The predicted octanol–water partition coefficient (Wildman–Crippen LogP) is 3.58. The molecule has 2 aliphatic rings. The lowest BCUT2D eigenvalue weighted by Crippen LogP contribution is -2.55. The Bertz CT molecular complexity index is 1280. The molecule has 2 unspecified atom stereocenters. The molecule has 1 amide bonds. The summed E-state index contributed by atoms with van der Waals surface area (Å²) in [6, 6.07) is 8.97. The number of carbonyl (C=O) groups excluding carboxylic acids is 2. The first-order valence-electron chi connectivity index (χ1n) is 11.5. The molecule has 2 aromatic heterocycles. The molecule has 0 radical (unpaired) electrons. The van der Waals surface area contributed by atoms with Gasteiger partial charge in [0.2, 0.25) is 0 Å². The summed E-state index contributed by atoms with van der Waals surface area (Å²) in [5, 5.41) is 12.7. The van der Waals surface area contributed by atoms with Gasteiger partial charge in [0.05, 0.1) is 48.6 Å². The zero-order valence-electron chi connectivity index (χ0n) is 19.8. The van der Waals surface area contributed by atoms with Gasteiger partial charge in [0.1, 0.15) is 16.6 Å². The van der Waals surface area contributed by atoms with E-state index in [1.807, 2.05) is 25.1 Å². The fraction of sp³-hybridized carbons (Fsp3) is 0.440. The molecule has 2 fully saturated rings. The van der Waals surface area contributed by atoms with Crippen LogP contribution in [0.4, 0.5) is 0 Å². The van der Waals surface area contributed by atoms with Gasteiger partial charge in [0.25, 0.3) is 5.91 Å². The number of amides is 1. The van der Waals surface area contributed by atoms with Gasteiger partial charge < -0.3 is 19.5 Å². The third kappa shape index (κ3) is 4.55. The van der Waals surface area contributed by atoms with Crippen molar-refractivity contribution in [3.8, 4) is 5.75 Å². The van der Waals surface area contributed by atoms with Crippen LogP contribution in [0.3, 0.4) is 0 Å². The molecule has 0 spiro atoms. The average molecular weight is 514 g/mol. The number of carbonyl (C=O) groups is 2. The summed E-state index contributed by atoms with van der Waals surface area (Å²) in [6.45, 7) is 4.35. The number of ketones is 1. The lowest BCUT2D eigenvalue weighted by atomic mass is 10.0. The van der Waals surface area contributed by atoms with Crippen molar-refractivity contribution in [3.05, 3.63) is 45.9 Å². The normalized spacial score (nSPS) is 21.2. The van der Waals surface area contributed by atoms with Crippen molar-refractivity contribution in [2.75, 3.05) is 26.1 Å². The number of Topliss-reactive ketones (excluding diaryl/α,β-unsaturated/α-hetero) is 1. The molecule has 0 saturated carbocycles. The zero-order valence-corrected chi connectivity index (χ0v) is 21.4. The molecule has 0 aliphatic carbocycles. The van der Waals surface area contributed by atoms with Crippen molar-refractivity contribution in [2.24, 2.45) is 0 Å². The number of hydrogen-bond donors (Lipinski definition) is 1.